The zero-order chi connectivity index (χ0) is 24.4. The number of nitrogens with zero attached hydrogens (tertiary/aromatic N) is 3. The number of ether oxygens (including phenoxy) is 2. The van der Waals surface area contributed by atoms with Gasteiger partial charge in [-0.25, -0.2) is 4.39 Å². The molecule has 0 fully saturated rings. The monoisotopic (exact) mass is 517 g/mol. The van der Waals surface area contributed by atoms with Gasteiger partial charge in [-0.15, -0.1) is 16.7 Å². The van der Waals surface area contributed by atoms with Crippen molar-refractivity contribution in [1.29, 1.82) is 0 Å². The Labute approximate surface area is 206 Å². The summed E-state index contributed by atoms with van der Waals surface area (Å²) in [5.41, 5.74) is 2.62. The van der Waals surface area contributed by atoms with Gasteiger partial charge in [-0.1, -0.05) is 23.2 Å². The molecule has 11 heteroatoms. The Kier molecular flexibility index (Phi) is 10.8. The molecule has 33 heavy (non-hydrogen) atoms. The molecule has 0 unspecified atom stereocenters. The molecule has 0 spiro atoms. The third kappa shape index (κ3) is 8.46. The third-order valence-electron chi connectivity index (χ3n) is 4.49. The highest BCUT2D eigenvalue weighted by molar-refractivity contribution is 6.35. The molecule has 178 valence electrons. The van der Waals surface area contributed by atoms with E-state index in [0.29, 0.717) is 18.8 Å². The highest BCUT2D eigenvalue weighted by Gasteiger charge is 2.11. The number of aryl methyl sites for hydroxylation is 1. The minimum Gasteiger partial charge on any atom is -0.462 e. The second-order valence-electron chi connectivity index (χ2n) is 6.79. The molecule has 2 aromatic rings. The Bertz CT molecular complexity index is 1020. The number of carbonyl (C=O) groups excluding carboxylic acids is 2. The van der Waals surface area contributed by atoms with Crippen molar-refractivity contribution in [3.05, 3.63) is 51.8 Å². The fraction of sp³-hybridized carbons (Fsp3) is 0.364. The molecule has 2 aromatic carbocycles. The first-order valence-electron chi connectivity index (χ1n) is 10.0. The van der Waals surface area contributed by atoms with Gasteiger partial charge in [0.05, 0.1) is 22.2 Å². The molecule has 7 nitrogen and oxygen atoms in total. The molecule has 0 saturated carbocycles. The van der Waals surface area contributed by atoms with Crippen molar-refractivity contribution >= 4 is 63.8 Å². The molecule has 0 aliphatic rings. The zero-order valence-corrected chi connectivity index (χ0v) is 20.4. The summed E-state index contributed by atoms with van der Waals surface area (Å²) in [6.45, 7) is 4.92. The van der Waals surface area contributed by atoms with Gasteiger partial charge in [-0.05, 0) is 49.7 Å². The van der Waals surface area contributed by atoms with Crippen molar-refractivity contribution in [2.75, 3.05) is 37.1 Å². The first kappa shape index (κ1) is 26.8. The van der Waals surface area contributed by atoms with Crippen molar-refractivity contribution in [3.63, 3.8) is 0 Å². The highest BCUT2D eigenvalue weighted by atomic mass is 35.5. The van der Waals surface area contributed by atoms with E-state index in [2.05, 4.69) is 10.2 Å². The average molecular weight is 519 g/mol. The van der Waals surface area contributed by atoms with Crippen LogP contribution in [0.15, 0.2) is 40.6 Å². The lowest BCUT2D eigenvalue weighted by atomic mass is 10.1. The number of carbonyl (C=O) groups is 2. The van der Waals surface area contributed by atoms with Crippen LogP contribution in [0.2, 0.25) is 10.0 Å². The Balaban J connectivity index is 1.95. The van der Waals surface area contributed by atoms with E-state index in [9.17, 15) is 14.0 Å². The molecule has 0 radical (unpaired) electrons. The van der Waals surface area contributed by atoms with Crippen molar-refractivity contribution in [3.8, 4) is 0 Å². The van der Waals surface area contributed by atoms with Crippen LogP contribution in [0.1, 0.15) is 18.9 Å². The summed E-state index contributed by atoms with van der Waals surface area (Å²) in [6, 6.07) is 7.98. The van der Waals surface area contributed by atoms with E-state index >= 15 is 0 Å². The normalized spacial score (nSPS) is 11.0. The maximum atomic E-state index is 13.4. The maximum Gasteiger partial charge on any atom is 0.320 e. The fourth-order valence-corrected chi connectivity index (χ4v) is 3.19. The quantitative estimate of drug-likeness (QED) is 0.113. The molecular weight excluding hydrogens is 496 g/mol. The van der Waals surface area contributed by atoms with E-state index in [0.717, 1.165) is 17.3 Å². The molecule has 2 rings (SSSR count). The number of halogens is 4. The average Bonchev–Trinajstić information content (AvgIpc) is 2.79. The predicted octanol–water partition coefficient (Wildman–Crippen LogP) is 6.40. The number of anilines is 1. The van der Waals surface area contributed by atoms with E-state index in [1.807, 2.05) is 30.9 Å². The molecule has 0 saturated heterocycles. The number of azo groups is 1. The van der Waals surface area contributed by atoms with Crippen molar-refractivity contribution in [2.24, 2.45) is 10.2 Å². The lowest BCUT2D eigenvalue weighted by Crippen LogP contribution is -2.26. The van der Waals surface area contributed by atoms with Gasteiger partial charge in [0.1, 0.15) is 30.6 Å². The number of hydrogen-bond donors (Lipinski definition) is 0. The summed E-state index contributed by atoms with van der Waals surface area (Å²) in [5.74, 6) is -1.83. The first-order valence-corrected chi connectivity index (χ1v) is 11.3. The highest BCUT2D eigenvalue weighted by Crippen LogP contribution is 2.33. The smallest absolute Gasteiger partial charge is 0.320 e. The summed E-state index contributed by atoms with van der Waals surface area (Å²) in [6.07, 6.45) is 0.168. The summed E-state index contributed by atoms with van der Waals surface area (Å²) in [5, 5.41) is 8.28. The first-order chi connectivity index (χ1) is 15.7. The van der Waals surface area contributed by atoms with E-state index in [1.54, 1.807) is 6.07 Å². The van der Waals surface area contributed by atoms with Crippen molar-refractivity contribution < 1.29 is 23.5 Å². The molecule has 0 aliphatic heterocycles. The van der Waals surface area contributed by atoms with Crippen LogP contribution in [0.5, 0.6) is 0 Å². The number of benzene rings is 2. The molecular formula is C22H23Cl3FN3O4. The predicted molar refractivity (Wildman–Crippen MR) is 127 cm³/mol. The van der Waals surface area contributed by atoms with Gasteiger partial charge in [0.2, 0.25) is 0 Å². The Morgan fingerprint density at radius 3 is 2.30 bits per heavy atom. The van der Waals surface area contributed by atoms with Gasteiger partial charge in [0.25, 0.3) is 0 Å². The Hall–Kier alpha value is -2.42. The molecule has 0 aliphatic carbocycles. The van der Waals surface area contributed by atoms with Crippen LogP contribution in [-0.2, 0) is 19.1 Å². The molecule has 0 atom stereocenters. The van der Waals surface area contributed by atoms with Crippen LogP contribution < -0.4 is 4.90 Å². The number of hydrogen-bond acceptors (Lipinski definition) is 7. The zero-order valence-electron chi connectivity index (χ0n) is 18.1. The van der Waals surface area contributed by atoms with E-state index < -0.39 is 17.8 Å². The van der Waals surface area contributed by atoms with E-state index in [1.165, 1.54) is 6.07 Å². The molecule has 0 amide bonds. The summed E-state index contributed by atoms with van der Waals surface area (Å²) < 4.78 is 23.2. The van der Waals surface area contributed by atoms with Gasteiger partial charge in [0, 0.05) is 18.8 Å². The van der Waals surface area contributed by atoms with Crippen LogP contribution in [0, 0.1) is 12.7 Å². The van der Waals surface area contributed by atoms with Gasteiger partial charge in [0.15, 0.2) is 0 Å². The largest absolute Gasteiger partial charge is 0.462 e. The van der Waals surface area contributed by atoms with Crippen LogP contribution in [0.3, 0.4) is 0 Å². The standard InChI is InChI=1S/C22H23Cl3FN3O4/c1-3-29(7-6-21(30)32-8-9-33-22(31)13-23)15-4-5-19(14(2)10-15)27-28-20-12-16(24)18(26)11-17(20)25/h4-5,10-12H,3,6-9,13H2,1-2H3. The minimum absolute atomic E-state index is 0.0182. The van der Waals surface area contributed by atoms with Crippen LogP contribution in [-0.4, -0.2) is 44.1 Å². The molecule has 0 heterocycles. The summed E-state index contributed by atoms with van der Waals surface area (Å²) in [4.78, 5) is 24.9. The minimum atomic E-state index is -0.626. The maximum absolute atomic E-state index is 13.4. The lowest BCUT2D eigenvalue weighted by molar-refractivity contribution is -0.150. The third-order valence-corrected chi connectivity index (χ3v) is 5.30. The van der Waals surface area contributed by atoms with Gasteiger partial charge >= 0.3 is 11.9 Å². The van der Waals surface area contributed by atoms with E-state index in [-0.39, 0.29) is 41.2 Å². The molecule has 0 aromatic heterocycles. The van der Waals surface area contributed by atoms with E-state index in [4.69, 9.17) is 44.3 Å². The van der Waals surface area contributed by atoms with Crippen molar-refractivity contribution in [2.45, 2.75) is 20.3 Å². The Morgan fingerprint density at radius 2 is 1.67 bits per heavy atom. The number of esters is 2. The second kappa shape index (κ2) is 13.3. The van der Waals surface area contributed by atoms with Crippen LogP contribution >= 0.6 is 34.8 Å². The number of alkyl halides is 1. The van der Waals surface area contributed by atoms with Gasteiger partial charge < -0.3 is 14.4 Å². The fourth-order valence-electron chi connectivity index (χ4n) is 2.76. The molecule has 0 bridgehead atoms. The summed E-state index contributed by atoms with van der Waals surface area (Å²) >= 11 is 17.1. The van der Waals surface area contributed by atoms with Gasteiger partial charge in [-0.2, -0.15) is 5.11 Å². The SMILES string of the molecule is CCN(CCC(=O)OCCOC(=O)CCl)c1ccc(N=Nc2cc(Cl)c(F)cc2Cl)c(C)c1. The topological polar surface area (TPSA) is 80.6 Å². The Morgan fingerprint density at radius 1 is 1.00 bits per heavy atom. The van der Waals surface area contributed by atoms with Crippen LogP contribution in [0.25, 0.3) is 0 Å². The van der Waals surface area contributed by atoms with Crippen molar-refractivity contribution in [1.82, 2.24) is 0 Å². The summed E-state index contributed by atoms with van der Waals surface area (Å²) in [7, 11) is 0. The second-order valence-corrected chi connectivity index (χ2v) is 7.87. The van der Waals surface area contributed by atoms with Crippen LogP contribution in [0.4, 0.5) is 21.5 Å². The lowest BCUT2D eigenvalue weighted by Gasteiger charge is -2.23. The van der Waals surface area contributed by atoms with Gasteiger partial charge in [-0.3, -0.25) is 9.59 Å². The number of rotatable bonds is 11. The molecule has 0 N–H and O–H groups in total.